The predicted octanol–water partition coefficient (Wildman–Crippen LogP) is 5.68. The van der Waals surface area contributed by atoms with Gasteiger partial charge in [0.1, 0.15) is 5.75 Å². The van der Waals surface area contributed by atoms with Crippen molar-refractivity contribution >= 4 is 50.7 Å². The minimum atomic E-state index is 0.226. The van der Waals surface area contributed by atoms with E-state index in [0.29, 0.717) is 27.4 Å². The lowest BCUT2D eigenvalue weighted by atomic mass is 10.3. The molecule has 0 radical (unpaired) electrons. The minimum absolute atomic E-state index is 0.226. The second-order valence-corrected chi connectivity index (χ2v) is 5.39. The first-order valence-electron chi connectivity index (χ1n) is 4.94. The Morgan fingerprint density at radius 1 is 1.11 bits per heavy atom. The molecule has 18 heavy (non-hydrogen) atoms. The molecular formula is C12H7BrCl3NO. The first-order chi connectivity index (χ1) is 8.60. The second-order valence-electron chi connectivity index (χ2n) is 3.39. The third-order valence-corrected chi connectivity index (χ3v) is 3.51. The van der Waals surface area contributed by atoms with Crippen LogP contribution in [0.4, 0.5) is 0 Å². The van der Waals surface area contributed by atoms with Crippen molar-refractivity contribution in [1.29, 1.82) is 0 Å². The molecular weight excluding hydrogens is 360 g/mol. The number of pyridine rings is 1. The molecule has 0 unspecified atom stereocenters. The van der Waals surface area contributed by atoms with E-state index in [1.807, 2.05) is 6.07 Å². The van der Waals surface area contributed by atoms with Crippen LogP contribution >= 0.6 is 50.7 Å². The lowest BCUT2D eigenvalue weighted by Gasteiger charge is -2.08. The van der Waals surface area contributed by atoms with Gasteiger partial charge in [-0.05, 0) is 24.3 Å². The first-order valence-corrected chi connectivity index (χ1v) is 7.03. The monoisotopic (exact) mass is 365 g/mol. The van der Waals surface area contributed by atoms with Crippen molar-refractivity contribution in [2.24, 2.45) is 0 Å². The van der Waals surface area contributed by atoms with Crippen molar-refractivity contribution in [3.63, 3.8) is 0 Å². The Balaban J connectivity index is 2.28. The van der Waals surface area contributed by atoms with Gasteiger partial charge in [-0.2, -0.15) is 0 Å². The van der Waals surface area contributed by atoms with Crippen molar-refractivity contribution in [3.8, 4) is 11.6 Å². The van der Waals surface area contributed by atoms with Crippen LogP contribution in [0.25, 0.3) is 0 Å². The number of alkyl halides is 1. The Morgan fingerprint density at radius 2 is 1.89 bits per heavy atom. The molecule has 0 aliphatic rings. The Kier molecular flexibility index (Phi) is 4.73. The van der Waals surface area contributed by atoms with E-state index < -0.39 is 0 Å². The Labute approximate surface area is 128 Å². The topological polar surface area (TPSA) is 22.1 Å². The fourth-order valence-electron chi connectivity index (χ4n) is 1.29. The Hall–Kier alpha value is -0.480. The summed E-state index contributed by atoms with van der Waals surface area (Å²) in [6.45, 7) is 0. The van der Waals surface area contributed by atoms with E-state index in [9.17, 15) is 0 Å². The highest BCUT2D eigenvalue weighted by atomic mass is 79.9. The Bertz CT molecular complexity index is 577. The molecule has 2 nitrogen and oxygen atoms in total. The highest BCUT2D eigenvalue weighted by Crippen LogP contribution is 2.31. The maximum atomic E-state index is 6.05. The molecule has 1 heterocycles. The first kappa shape index (κ1) is 13.9. The molecule has 0 bridgehead atoms. The van der Waals surface area contributed by atoms with Gasteiger partial charge in [-0.25, -0.2) is 4.98 Å². The quantitative estimate of drug-likeness (QED) is 0.651. The number of hydrogen-bond donors (Lipinski definition) is 0. The van der Waals surface area contributed by atoms with Gasteiger partial charge in [0.15, 0.2) is 0 Å². The van der Waals surface area contributed by atoms with Gasteiger partial charge in [0.2, 0.25) is 5.88 Å². The molecule has 1 aromatic heterocycles. The zero-order valence-corrected chi connectivity index (χ0v) is 12.8. The SMILES string of the molecule is ClCc1nc(Oc2ccc(Br)cc2Cl)ccc1Cl. The summed E-state index contributed by atoms with van der Waals surface area (Å²) in [6, 6.07) is 8.68. The van der Waals surface area contributed by atoms with E-state index in [1.54, 1.807) is 24.3 Å². The van der Waals surface area contributed by atoms with E-state index in [2.05, 4.69) is 20.9 Å². The fraction of sp³-hybridized carbons (Fsp3) is 0.0833. The van der Waals surface area contributed by atoms with Gasteiger partial charge < -0.3 is 4.74 Å². The molecule has 94 valence electrons. The van der Waals surface area contributed by atoms with Crippen LogP contribution in [0.2, 0.25) is 10.0 Å². The normalized spacial score (nSPS) is 10.4. The molecule has 2 aromatic rings. The van der Waals surface area contributed by atoms with Crippen LogP contribution in [0.5, 0.6) is 11.6 Å². The number of halogens is 4. The zero-order chi connectivity index (χ0) is 13.1. The van der Waals surface area contributed by atoms with E-state index in [-0.39, 0.29) is 5.88 Å². The number of hydrogen-bond acceptors (Lipinski definition) is 2. The molecule has 0 fully saturated rings. The lowest BCUT2D eigenvalue weighted by molar-refractivity contribution is 0.461. The van der Waals surface area contributed by atoms with Crippen LogP contribution in [-0.2, 0) is 5.88 Å². The summed E-state index contributed by atoms with van der Waals surface area (Å²) in [4.78, 5) is 4.19. The van der Waals surface area contributed by atoms with Crippen LogP contribution < -0.4 is 4.74 Å². The molecule has 0 aliphatic carbocycles. The summed E-state index contributed by atoms with van der Waals surface area (Å²) in [5, 5.41) is 1.01. The van der Waals surface area contributed by atoms with Crippen molar-refractivity contribution in [2.45, 2.75) is 5.88 Å². The third-order valence-electron chi connectivity index (χ3n) is 2.13. The molecule has 0 spiro atoms. The van der Waals surface area contributed by atoms with Crippen molar-refractivity contribution in [1.82, 2.24) is 4.98 Å². The standard InChI is InChI=1S/C12H7BrCl3NO/c13-7-1-3-11(9(16)5-7)18-12-4-2-8(15)10(6-14)17-12/h1-5H,6H2. The van der Waals surface area contributed by atoms with Gasteiger partial charge in [-0.1, -0.05) is 39.1 Å². The van der Waals surface area contributed by atoms with E-state index in [1.165, 1.54) is 0 Å². The van der Waals surface area contributed by atoms with Crippen molar-refractivity contribution in [3.05, 3.63) is 50.5 Å². The number of benzene rings is 1. The highest BCUT2D eigenvalue weighted by Gasteiger charge is 2.07. The van der Waals surface area contributed by atoms with Gasteiger partial charge in [0.05, 0.1) is 21.6 Å². The second kappa shape index (κ2) is 6.11. The summed E-state index contributed by atoms with van der Waals surface area (Å²) in [5.74, 6) is 1.15. The maximum absolute atomic E-state index is 6.05. The molecule has 1 aromatic carbocycles. The molecule has 0 aliphatic heterocycles. The number of nitrogens with zero attached hydrogens (tertiary/aromatic N) is 1. The lowest BCUT2D eigenvalue weighted by Crippen LogP contribution is -1.93. The smallest absolute Gasteiger partial charge is 0.219 e. The summed E-state index contributed by atoms with van der Waals surface area (Å²) < 4.78 is 6.46. The molecule has 2 rings (SSSR count). The van der Waals surface area contributed by atoms with E-state index >= 15 is 0 Å². The molecule has 0 N–H and O–H groups in total. The predicted molar refractivity (Wildman–Crippen MR) is 78.0 cm³/mol. The molecule has 0 atom stereocenters. The third kappa shape index (κ3) is 3.29. The van der Waals surface area contributed by atoms with Gasteiger partial charge >= 0.3 is 0 Å². The summed E-state index contributed by atoms with van der Waals surface area (Å²) in [6.07, 6.45) is 0. The summed E-state index contributed by atoms with van der Waals surface area (Å²) >= 11 is 21.0. The summed E-state index contributed by atoms with van der Waals surface area (Å²) in [7, 11) is 0. The van der Waals surface area contributed by atoms with Gasteiger partial charge in [-0.3, -0.25) is 0 Å². The highest BCUT2D eigenvalue weighted by molar-refractivity contribution is 9.10. The zero-order valence-electron chi connectivity index (χ0n) is 8.96. The van der Waals surface area contributed by atoms with Crippen molar-refractivity contribution < 1.29 is 4.74 Å². The van der Waals surface area contributed by atoms with Crippen LogP contribution in [0, 0.1) is 0 Å². The number of rotatable bonds is 3. The Morgan fingerprint density at radius 3 is 2.56 bits per heavy atom. The van der Waals surface area contributed by atoms with Crippen LogP contribution in [-0.4, -0.2) is 4.98 Å². The van der Waals surface area contributed by atoms with Crippen LogP contribution in [0.1, 0.15) is 5.69 Å². The average Bonchev–Trinajstić information content (AvgIpc) is 2.35. The van der Waals surface area contributed by atoms with Gasteiger partial charge in [0.25, 0.3) is 0 Å². The summed E-state index contributed by atoms with van der Waals surface area (Å²) in [5.41, 5.74) is 0.573. The fourth-order valence-corrected chi connectivity index (χ4v) is 2.44. The van der Waals surface area contributed by atoms with Crippen LogP contribution in [0.3, 0.4) is 0 Å². The maximum Gasteiger partial charge on any atom is 0.219 e. The minimum Gasteiger partial charge on any atom is -0.437 e. The van der Waals surface area contributed by atoms with E-state index in [0.717, 1.165) is 4.47 Å². The largest absolute Gasteiger partial charge is 0.437 e. The average molecular weight is 367 g/mol. The van der Waals surface area contributed by atoms with Gasteiger partial charge in [0, 0.05) is 10.5 Å². The molecule has 0 amide bonds. The van der Waals surface area contributed by atoms with E-state index in [4.69, 9.17) is 39.5 Å². The number of aromatic nitrogens is 1. The number of ether oxygens (including phenoxy) is 1. The molecule has 6 heteroatoms. The van der Waals surface area contributed by atoms with Crippen LogP contribution in [0.15, 0.2) is 34.8 Å². The molecule has 0 saturated carbocycles. The van der Waals surface area contributed by atoms with Gasteiger partial charge in [-0.15, -0.1) is 11.6 Å². The molecule has 0 saturated heterocycles. The van der Waals surface area contributed by atoms with Crippen molar-refractivity contribution in [2.75, 3.05) is 0 Å².